The largest absolute Gasteiger partial charge is 0.480 e. The Labute approximate surface area is 94.0 Å². The molecule has 16 heavy (non-hydrogen) atoms. The van der Waals surface area contributed by atoms with Crippen molar-refractivity contribution in [3.63, 3.8) is 0 Å². The quantitative estimate of drug-likeness (QED) is 0.715. The van der Waals surface area contributed by atoms with E-state index in [1.54, 1.807) is 0 Å². The van der Waals surface area contributed by atoms with E-state index in [4.69, 9.17) is 10.2 Å². The van der Waals surface area contributed by atoms with E-state index in [1.807, 2.05) is 0 Å². The summed E-state index contributed by atoms with van der Waals surface area (Å²) in [6.07, 6.45) is 4.45. The molecule has 1 aliphatic heterocycles. The third kappa shape index (κ3) is 1.86. The molecule has 0 radical (unpaired) electrons. The first kappa shape index (κ1) is 11.2. The number of likely N-dealkylation sites (tertiary alicyclic amines) is 1. The molecular formula is C11H17NO4. The Morgan fingerprint density at radius 3 is 2.38 bits per heavy atom. The van der Waals surface area contributed by atoms with Gasteiger partial charge in [0.1, 0.15) is 6.04 Å². The predicted octanol–water partition coefficient (Wildman–Crippen LogP) is 1.77. The first-order valence-electron chi connectivity index (χ1n) is 5.85. The number of amides is 1. The molecule has 2 rings (SSSR count). The van der Waals surface area contributed by atoms with Crippen LogP contribution in [0.25, 0.3) is 0 Å². The molecule has 1 saturated heterocycles. The smallest absolute Gasteiger partial charge is 0.408 e. The van der Waals surface area contributed by atoms with Crippen LogP contribution in [0.1, 0.15) is 38.5 Å². The van der Waals surface area contributed by atoms with Crippen LogP contribution < -0.4 is 0 Å². The molecule has 1 aliphatic carbocycles. The maximum Gasteiger partial charge on any atom is 0.408 e. The third-order valence-corrected chi connectivity index (χ3v) is 3.84. The lowest BCUT2D eigenvalue weighted by molar-refractivity contribution is -0.142. The molecule has 1 heterocycles. The van der Waals surface area contributed by atoms with Gasteiger partial charge in [0.2, 0.25) is 0 Å². The Balaban J connectivity index is 2.21. The van der Waals surface area contributed by atoms with Gasteiger partial charge in [-0.3, -0.25) is 4.90 Å². The molecule has 5 heteroatoms. The van der Waals surface area contributed by atoms with Gasteiger partial charge in [-0.2, -0.15) is 0 Å². The highest BCUT2D eigenvalue weighted by Gasteiger charge is 2.46. The van der Waals surface area contributed by atoms with Crippen LogP contribution in [0.5, 0.6) is 0 Å². The van der Waals surface area contributed by atoms with Crippen LogP contribution in [0.3, 0.4) is 0 Å². The zero-order valence-electron chi connectivity index (χ0n) is 9.13. The van der Waals surface area contributed by atoms with Gasteiger partial charge in [0.25, 0.3) is 0 Å². The molecule has 2 fully saturated rings. The summed E-state index contributed by atoms with van der Waals surface area (Å²) in [6.45, 7) is 0. The number of rotatable bonds is 1. The van der Waals surface area contributed by atoms with Crippen molar-refractivity contribution in [2.24, 2.45) is 5.92 Å². The maximum atomic E-state index is 11.1. The van der Waals surface area contributed by atoms with E-state index < -0.39 is 18.1 Å². The molecule has 1 amide bonds. The van der Waals surface area contributed by atoms with Crippen LogP contribution in [0.2, 0.25) is 0 Å². The highest BCUT2D eigenvalue weighted by atomic mass is 16.4. The average Bonchev–Trinajstić information content (AvgIpc) is 2.43. The standard InChI is InChI=1S/C11H17NO4/c13-10(14)9-6-7-4-2-1-3-5-8(7)12(9)11(15)16/h7-9H,1-6H2,(H,13,14)(H,15,16)/t7-,8-,9-/m1/s1. The number of carboxylic acid groups (broad SMARTS) is 2. The van der Waals surface area contributed by atoms with E-state index in [9.17, 15) is 9.59 Å². The first-order valence-corrected chi connectivity index (χ1v) is 5.85. The monoisotopic (exact) mass is 227 g/mol. The summed E-state index contributed by atoms with van der Waals surface area (Å²) < 4.78 is 0. The van der Waals surface area contributed by atoms with Crippen molar-refractivity contribution in [3.8, 4) is 0 Å². The SMILES string of the molecule is O=C(O)[C@H]1C[C@H]2CCCCC[C@H]2N1C(=O)O. The fourth-order valence-electron chi connectivity index (χ4n) is 3.13. The van der Waals surface area contributed by atoms with Crippen LogP contribution in [-0.2, 0) is 4.79 Å². The number of aliphatic carboxylic acids is 1. The van der Waals surface area contributed by atoms with E-state index >= 15 is 0 Å². The lowest BCUT2D eigenvalue weighted by atomic mass is 9.94. The van der Waals surface area contributed by atoms with E-state index in [2.05, 4.69) is 0 Å². The molecule has 1 saturated carbocycles. The second kappa shape index (κ2) is 4.31. The van der Waals surface area contributed by atoms with Gasteiger partial charge in [-0.05, 0) is 25.2 Å². The Hall–Kier alpha value is -1.26. The third-order valence-electron chi connectivity index (χ3n) is 3.84. The van der Waals surface area contributed by atoms with Crippen LogP contribution in [0.15, 0.2) is 0 Å². The summed E-state index contributed by atoms with van der Waals surface area (Å²) in [7, 11) is 0. The summed E-state index contributed by atoms with van der Waals surface area (Å²) in [5.41, 5.74) is 0. The van der Waals surface area contributed by atoms with Crippen molar-refractivity contribution in [3.05, 3.63) is 0 Å². The van der Waals surface area contributed by atoms with Gasteiger partial charge in [-0.1, -0.05) is 19.3 Å². The molecule has 0 spiro atoms. The van der Waals surface area contributed by atoms with Crippen molar-refractivity contribution in [1.29, 1.82) is 0 Å². The second-order valence-corrected chi connectivity index (χ2v) is 4.75. The number of nitrogens with zero attached hydrogens (tertiary/aromatic N) is 1. The van der Waals surface area contributed by atoms with Gasteiger partial charge in [-0.25, -0.2) is 9.59 Å². The number of carboxylic acids is 1. The Morgan fingerprint density at radius 2 is 1.75 bits per heavy atom. The zero-order valence-corrected chi connectivity index (χ0v) is 9.13. The van der Waals surface area contributed by atoms with Crippen LogP contribution in [0.4, 0.5) is 4.79 Å². The van der Waals surface area contributed by atoms with Gasteiger partial charge >= 0.3 is 12.1 Å². The molecule has 5 nitrogen and oxygen atoms in total. The van der Waals surface area contributed by atoms with Gasteiger partial charge in [0.05, 0.1) is 0 Å². The van der Waals surface area contributed by atoms with Gasteiger partial charge in [0.15, 0.2) is 0 Å². The fraction of sp³-hybridized carbons (Fsp3) is 0.818. The van der Waals surface area contributed by atoms with Crippen molar-refractivity contribution < 1.29 is 19.8 Å². The van der Waals surface area contributed by atoms with Crippen molar-refractivity contribution in [2.75, 3.05) is 0 Å². The Kier molecular flexibility index (Phi) is 3.03. The molecule has 90 valence electrons. The molecule has 0 unspecified atom stereocenters. The predicted molar refractivity (Wildman–Crippen MR) is 56.3 cm³/mol. The second-order valence-electron chi connectivity index (χ2n) is 4.75. The molecule has 3 atom stereocenters. The topological polar surface area (TPSA) is 77.8 Å². The maximum absolute atomic E-state index is 11.1. The van der Waals surface area contributed by atoms with E-state index in [0.29, 0.717) is 6.42 Å². The number of carbonyl (C=O) groups is 2. The lowest BCUT2D eigenvalue weighted by Gasteiger charge is -2.26. The van der Waals surface area contributed by atoms with E-state index in [0.717, 1.165) is 32.1 Å². The molecular weight excluding hydrogens is 210 g/mol. The molecule has 0 aromatic rings. The highest BCUT2D eigenvalue weighted by molar-refractivity contribution is 5.80. The summed E-state index contributed by atoms with van der Waals surface area (Å²) in [6, 6.07) is -0.897. The number of hydrogen-bond donors (Lipinski definition) is 2. The minimum absolute atomic E-state index is 0.0684. The van der Waals surface area contributed by atoms with Gasteiger partial charge in [0, 0.05) is 6.04 Å². The minimum Gasteiger partial charge on any atom is -0.480 e. The Morgan fingerprint density at radius 1 is 1.06 bits per heavy atom. The van der Waals surface area contributed by atoms with Crippen molar-refractivity contribution in [2.45, 2.75) is 50.6 Å². The van der Waals surface area contributed by atoms with Crippen LogP contribution in [0, 0.1) is 5.92 Å². The fourth-order valence-corrected chi connectivity index (χ4v) is 3.13. The highest BCUT2D eigenvalue weighted by Crippen LogP contribution is 2.38. The molecule has 0 bridgehead atoms. The van der Waals surface area contributed by atoms with Crippen LogP contribution in [-0.4, -0.2) is 39.3 Å². The molecule has 2 aliphatic rings. The zero-order chi connectivity index (χ0) is 11.7. The van der Waals surface area contributed by atoms with Gasteiger partial charge in [-0.15, -0.1) is 0 Å². The summed E-state index contributed by atoms with van der Waals surface area (Å²) >= 11 is 0. The van der Waals surface area contributed by atoms with Crippen molar-refractivity contribution in [1.82, 2.24) is 4.90 Å². The Bertz CT molecular complexity index is 304. The number of fused-ring (bicyclic) bond motifs is 1. The van der Waals surface area contributed by atoms with Gasteiger partial charge < -0.3 is 10.2 Å². The summed E-state index contributed by atoms with van der Waals surface area (Å²) in [4.78, 5) is 23.4. The van der Waals surface area contributed by atoms with E-state index in [1.165, 1.54) is 4.90 Å². The van der Waals surface area contributed by atoms with E-state index in [-0.39, 0.29) is 12.0 Å². The first-order chi connectivity index (χ1) is 7.61. The summed E-state index contributed by atoms with van der Waals surface area (Å²) in [5, 5.41) is 18.2. The van der Waals surface area contributed by atoms with Crippen molar-refractivity contribution >= 4 is 12.1 Å². The molecule has 0 aromatic carbocycles. The average molecular weight is 227 g/mol. The summed E-state index contributed by atoms with van der Waals surface area (Å²) in [5.74, 6) is -0.754. The number of hydrogen-bond acceptors (Lipinski definition) is 2. The molecule has 2 N–H and O–H groups in total. The van der Waals surface area contributed by atoms with Crippen LogP contribution >= 0.6 is 0 Å². The normalized spacial score (nSPS) is 34.2. The molecule has 0 aromatic heterocycles. The lowest BCUT2D eigenvalue weighted by Crippen LogP contribution is -2.44. The minimum atomic E-state index is -1.08.